The van der Waals surface area contributed by atoms with Crippen molar-refractivity contribution < 1.29 is 14.6 Å². The van der Waals surface area contributed by atoms with E-state index in [1.807, 2.05) is 30.3 Å². The van der Waals surface area contributed by atoms with E-state index in [0.29, 0.717) is 13.0 Å². The Labute approximate surface area is 101 Å². The van der Waals surface area contributed by atoms with Gasteiger partial charge in [0.2, 0.25) is 0 Å². The minimum Gasteiger partial charge on any atom is -0.461 e. The Kier molecular flexibility index (Phi) is 4.15. The molecule has 0 saturated heterocycles. The topological polar surface area (TPSA) is 46.5 Å². The smallest absolute Gasteiger partial charge is 0.309 e. The van der Waals surface area contributed by atoms with Crippen molar-refractivity contribution >= 4 is 5.97 Å². The number of carbonyl (C=O) groups excluding carboxylic acids is 1. The highest BCUT2D eigenvalue weighted by atomic mass is 16.5. The summed E-state index contributed by atoms with van der Waals surface area (Å²) < 4.78 is 5.27. The van der Waals surface area contributed by atoms with Crippen LogP contribution in [0.15, 0.2) is 30.3 Å². The maximum Gasteiger partial charge on any atom is 0.309 e. The first-order valence-corrected chi connectivity index (χ1v) is 6.14. The SMILES string of the molecule is O=C(OCc1ccccc1)[C@@H]1CCC[C@H](O)C1. The fraction of sp³-hybridized carbons (Fsp3) is 0.500. The van der Waals surface area contributed by atoms with Crippen LogP contribution in [0.3, 0.4) is 0 Å². The van der Waals surface area contributed by atoms with Crippen LogP contribution in [0, 0.1) is 5.92 Å². The largest absolute Gasteiger partial charge is 0.461 e. The van der Waals surface area contributed by atoms with E-state index in [1.165, 1.54) is 0 Å². The zero-order valence-corrected chi connectivity index (χ0v) is 9.84. The molecule has 92 valence electrons. The molecule has 2 atom stereocenters. The molecule has 0 spiro atoms. The average molecular weight is 234 g/mol. The van der Waals surface area contributed by atoms with Crippen molar-refractivity contribution in [3.8, 4) is 0 Å². The highest BCUT2D eigenvalue weighted by Crippen LogP contribution is 2.25. The number of rotatable bonds is 3. The van der Waals surface area contributed by atoms with E-state index in [9.17, 15) is 9.90 Å². The molecule has 0 heterocycles. The minimum atomic E-state index is -0.335. The van der Waals surface area contributed by atoms with Gasteiger partial charge in [-0.1, -0.05) is 36.8 Å². The second kappa shape index (κ2) is 5.82. The summed E-state index contributed by atoms with van der Waals surface area (Å²) in [5, 5.41) is 9.51. The van der Waals surface area contributed by atoms with Crippen molar-refractivity contribution in [2.24, 2.45) is 5.92 Å². The first-order valence-electron chi connectivity index (χ1n) is 6.14. The zero-order chi connectivity index (χ0) is 12.1. The second-order valence-electron chi connectivity index (χ2n) is 4.61. The number of carbonyl (C=O) groups is 1. The lowest BCUT2D eigenvalue weighted by Crippen LogP contribution is -2.27. The Bertz CT molecular complexity index is 361. The fourth-order valence-corrected chi connectivity index (χ4v) is 2.22. The molecule has 3 nitrogen and oxygen atoms in total. The van der Waals surface area contributed by atoms with Gasteiger partial charge >= 0.3 is 5.97 Å². The molecule has 0 unspecified atom stereocenters. The highest BCUT2D eigenvalue weighted by molar-refractivity contribution is 5.72. The van der Waals surface area contributed by atoms with Crippen molar-refractivity contribution in [3.63, 3.8) is 0 Å². The van der Waals surface area contributed by atoms with E-state index in [2.05, 4.69) is 0 Å². The quantitative estimate of drug-likeness (QED) is 0.816. The Morgan fingerprint density at radius 1 is 1.29 bits per heavy atom. The van der Waals surface area contributed by atoms with Crippen molar-refractivity contribution in [2.75, 3.05) is 0 Å². The molecule has 3 heteroatoms. The van der Waals surface area contributed by atoms with E-state index in [1.54, 1.807) is 0 Å². The van der Waals surface area contributed by atoms with Crippen LogP contribution in [0.5, 0.6) is 0 Å². The van der Waals surface area contributed by atoms with Gasteiger partial charge in [-0.15, -0.1) is 0 Å². The molecule has 1 aliphatic carbocycles. The molecule has 1 saturated carbocycles. The lowest BCUT2D eigenvalue weighted by atomic mass is 9.87. The predicted octanol–water partition coefficient (Wildman–Crippen LogP) is 2.28. The maximum absolute atomic E-state index is 11.8. The molecule has 0 aromatic heterocycles. The summed E-state index contributed by atoms with van der Waals surface area (Å²) in [6.45, 7) is 0.326. The summed E-state index contributed by atoms with van der Waals surface area (Å²) in [4.78, 5) is 11.8. The summed E-state index contributed by atoms with van der Waals surface area (Å²) in [6, 6.07) is 9.65. The number of benzene rings is 1. The summed E-state index contributed by atoms with van der Waals surface area (Å²) in [6.07, 6.45) is 2.77. The molecule has 0 radical (unpaired) electrons. The van der Waals surface area contributed by atoms with Crippen LogP contribution in [0.1, 0.15) is 31.2 Å². The molecule has 1 aromatic carbocycles. The molecule has 0 aliphatic heterocycles. The molecular weight excluding hydrogens is 216 g/mol. The Morgan fingerprint density at radius 2 is 2.06 bits per heavy atom. The van der Waals surface area contributed by atoms with Crippen LogP contribution in [-0.2, 0) is 16.1 Å². The Balaban J connectivity index is 1.81. The molecule has 17 heavy (non-hydrogen) atoms. The molecule has 1 aliphatic rings. The van der Waals surface area contributed by atoms with Gasteiger partial charge in [0.05, 0.1) is 12.0 Å². The normalized spacial score (nSPS) is 24.3. The van der Waals surface area contributed by atoms with Gasteiger partial charge in [-0.25, -0.2) is 0 Å². The minimum absolute atomic E-state index is 0.123. The van der Waals surface area contributed by atoms with Gasteiger partial charge in [-0.05, 0) is 24.8 Å². The van der Waals surface area contributed by atoms with Crippen LogP contribution >= 0.6 is 0 Å². The van der Waals surface area contributed by atoms with Crippen LogP contribution in [0.2, 0.25) is 0 Å². The van der Waals surface area contributed by atoms with E-state index >= 15 is 0 Å². The van der Waals surface area contributed by atoms with E-state index < -0.39 is 0 Å². The number of aliphatic hydroxyl groups excluding tert-OH is 1. The third kappa shape index (κ3) is 3.56. The number of esters is 1. The van der Waals surface area contributed by atoms with Crippen molar-refractivity contribution in [1.29, 1.82) is 0 Å². The first-order chi connectivity index (χ1) is 8.25. The predicted molar refractivity (Wildman–Crippen MR) is 64.2 cm³/mol. The first kappa shape index (κ1) is 12.1. The van der Waals surface area contributed by atoms with E-state index in [-0.39, 0.29) is 18.0 Å². The summed E-state index contributed by atoms with van der Waals surface area (Å²) in [5.74, 6) is -0.296. The van der Waals surface area contributed by atoms with Crippen molar-refractivity contribution in [2.45, 2.75) is 38.4 Å². The van der Waals surface area contributed by atoms with E-state index in [4.69, 9.17) is 4.74 Å². The Hall–Kier alpha value is -1.35. The van der Waals surface area contributed by atoms with Crippen molar-refractivity contribution in [1.82, 2.24) is 0 Å². The van der Waals surface area contributed by atoms with Gasteiger partial charge in [-0.2, -0.15) is 0 Å². The van der Waals surface area contributed by atoms with Crippen LogP contribution in [-0.4, -0.2) is 17.2 Å². The number of ether oxygens (including phenoxy) is 1. The van der Waals surface area contributed by atoms with Gasteiger partial charge < -0.3 is 9.84 Å². The highest BCUT2D eigenvalue weighted by Gasteiger charge is 2.27. The maximum atomic E-state index is 11.8. The fourth-order valence-electron chi connectivity index (χ4n) is 2.22. The standard InChI is InChI=1S/C14H18O3/c15-13-8-4-7-12(9-13)14(16)17-10-11-5-2-1-3-6-11/h1-3,5-6,12-13,15H,4,7-10H2/t12-,13+/m1/s1. The molecule has 0 bridgehead atoms. The second-order valence-corrected chi connectivity index (χ2v) is 4.61. The molecule has 1 fully saturated rings. The van der Waals surface area contributed by atoms with Crippen LogP contribution in [0.25, 0.3) is 0 Å². The van der Waals surface area contributed by atoms with Gasteiger partial charge in [0, 0.05) is 0 Å². The van der Waals surface area contributed by atoms with Gasteiger partial charge in [-0.3, -0.25) is 4.79 Å². The van der Waals surface area contributed by atoms with Crippen LogP contribution in [0.4, 0.5) is 0 Å². The van der Waals surface area contributed by atoms with Gasteiger partial charge in [0.25, 0.3) is 0 Å². The molecular formula is C14H18O3. The summed E-state index contributed by atoms with van der Waals surface area (Å²) in [5.41, 5.74) is 0.997. The molecule has 2 rings (SSSR count). The van der Waals surface area contributed by atoms with Gasteiger partial charge in [0.15, 0.2) is 0 Å². The lowest BCUT2D eigenvalue weighted by molar-refractivity contribution is -0.152. The number of hydrogen-bond acceptors (Lipinski definition) is 3. The van der Waals surface area contributed by atoms with Crippen molar-refractivity contribution in [3.05, 3.63) is 35.9 Å². The third-order valence-electron chi connectivity index (χ3n) is 3.20. The molecule has 1 aromatic rings. The van der Waals surface area contributed by atoms with Crippen LogP contribution < -0.4 is 0 Å². The summed E-state index contributed by atoms with van der Waals surface area (Å²) >= 11 is 0. The third-order valence-corrected chi connectivity index (χ3v) is 3.20. The van der Waals surface area contributed by atoms with E-state index in [0.717, 1.165) is 24.8 Å². The number of aliphatic hydroxyl groups is 1. The molecule has 1 N–H and O–H groups in total. The monoisotopic (exact) mass is 234 g/mol. The van der Waals surface area contributed by atoms with Gasteiger partial charge in [0.1, 0.15) is 6.61 Å². The lowest BCUT2D eigenvalue weighted by Gasteiger charge is -2.24. The molecule has 0 amide bonds. The zero-order valence-electron chi connectivity index (χ0n) is 9.84. The summed E-state index contributed by atoms with van der Waals surface area (Å²) in [7, 11) is 0. The average Bonchev–Trinajstić information content (AvgIpc) is 2.37. The Morgan fingerprint density at radius 3 is 2.76 bits per heavy atom. The number of hydrogen-bond donors (Lipinski definition) is 1.